The molecular weight excluding hydrogens is 531 g/mol. The van der Waals surface area contributed by atoms with Crippen LogP contribution in [0.4, 0.5) is 19.0 Å². The Balaban J connectivity index is 1.41. The first-order valence-corrected chi connectivity index (χ1v) is 13.9. The maximum atomic E-state index is 16.6. The zero-order valence-electron chi connectivity index (χ0n) is 22.6. The average Bonchev–Trinajstić information content (AvgIpc) is 3.43. The van der Waals surface area contributed by atoms with Gasteiger partial charge in [0.25, 0.3) is 0 Å². The highest BCUT2D eigenvalue weighted by molar-refractivity contribution is 6.03. The number of ether oxygens (including phenoxy) is 2. The number of hydrogen-bond donors (Lipinski definition) is 0. The zero-order chi connectivity index (χ0) is 28.3. The smallest absolute Gasteiger partial charge is 0.319 e. The minimum absolute atomic E-state index is 0.00617. The van der Waals surface area contributed by atoms with Crippen molar-refractivity contribution in [3.63, 3.8) is 0 Å². The lowest BCUT2D eigenvalue weighted by Gasteiger charge is -2.31. The van der Waals surface area contributed by atoms with E-state index in [-0.39, 0.29) is 35.3 Å². The quantitative estimate of drug-likeness (QED) is 0.309. The van der Waals surface area contributed by atoms with E-state index in [1.165, 1.54) is 6.07 Å². The second-order valence-corrected chi connectivity index (χ2v) is 10.9. The highest BCUT2D eigenvalue weighted by Gasteiger charge is 2.49. The number of fused-ring (bicyclic) bond motifs is 2. The van der Waals surface area contributed by atoms with Gasteiger partial charge >= 0.3 is 6.01 Å². The Kier molecular flexibility index (Phi) is 6.16. The van der Waals surface area contributed by atoms with Gasteiger partial charge in [0, 0.05) is 30.5 Å². The predicted octanol–water partition coefficient (Wildman–Crippen LogP) is 5.28. The minimum atomic E-state index is -0.902. The maximum absolute atomic E-state index is 16.6. The summed E-state index contributed by atoms with van der Waals surface area (Å²) >= 11 is 0. The average molecular weight is 560 g/mol. The van der Waals surface area contributed by atoms with Crippen LogP contribution in [-0.4, -0.2) is 71.0 Å². The number of pyridine rings is 1. The molecule has 0 N–H and O–H groups in total. The highest BCUT2D eigenvalue weighted by Crippen LogP contribution is 2.43. The molecule has 3 aliphatic rings. The largest absolute Gasteiger partial charge is 0.475 e. The molecule has 2 aromatic carbocycles. The van der Waals surface area contributed by atoms with Crippen molar-refractivity contribution in [3.8, 4) is 35.5 Å². The maximum Gasteiger partial charge on any atom is 0.319 e. The van der Waals surface area contributed by atoms with Gasteiger partial charge < -0.3 is 14.4 Å². The molecule has 7 nitrogen and oxygen atoms in total. The van der Waals surface area contributed by atoms with Gasteiger partial charge in [-0.05, 0) is 37.8 Å². The third-order valence-electron chi connectivity index (χ3n) is 8.62. The SMILES string of the molecule is C#Cc1c(F)ccc2cccc(-c3nc4c5c(nc(OC[C@@]67CCCN6C[C@H](F)C7)nc5c3F)N(CC)CCO4)c12. The normalized spacial score (nSPS) is 22.0. The molecule has 2 saturated heterocycles. The molecule has 0 aliphatic carbocycles. The molecule has 0 bridgehead atoms. The van der Waals surface area contributed by atoms with Crippen LogP contribution in [0.1, 0.15) is 31.7 Å². The number of terminal acetylenes is 1. The molecule has 3 aliphatic heterocycles. The number of aromatic nitrogens is 3. The van der Waals surface area contributed by atoms with Gasteiger partial charge in [0.1, 0.15) is 47.6 Å². The van der Waals surface area contributed by atoms with Gasteiger partial charge in [-0.2, -0.15) is 9.97 Å². The van der Waals surface area contributed by atoms with Crippen molar-refractivity contribution in [2.24, 2.45) is 0 Å². The van der Waals surface area contributed by atoms with Crippen molar-refractivity contribution in [2.75, 3.05) is 44.3 Å². The van der Waals surface area contributed by atoms with Gasteiger partial charge in [0.15, 0.2) is 5.82 Å². The van der Waals surface area contributed by atoms with E-state index in [2.05, 4.69) is 25.8 Å². The Morgan fingerprint density at radius 2 is 2.02 bits per heavy atom. The number of rotatable bonds is 5. The molecule has 0 unspecified atom stereocenters. The Morgan fingerprint density at radius 3 is 2.85 bits per heavy atom. The number of benzene rings is 2. The number of nitrogens with zero attached hydrogens (tertiary/aromatic N) is 5. The van der Waals surface area contributed by atoms with Gasteiger partial charge in [-0.3, -0.25) is 4.90 Å². The summed E-state index contributed by atoms with van der Waals surface area (Å²) in [5.41, 5.74) is -0.132. The number of likely N-dealkylation sites (N-methyl/N-ethyl adjacent to an activating group) is 1. The Labute approximate surface area is 235 Å². The first-order valence-electron chi connectivity index (χ1n) is 13.9. The number of halogens is 3. The summed E-state index contributed by atoms with van der Waals surface area (Å²) in [4.78, 5) is 17.9. The molecule has 2 fully saturated rings. The summed E-state index contributed by atoms with van der Waals surface area (Å²) in [6, 6.07) is 8.08. The lowest BCUT2D eigenvalue weighted by Crippen LogP contribution is -2.43. The molecule has 2 atom stereocenters. The van der Waals surface area contributed by atoms with Crippen molar-refractivity contribution < 1.29 is 22.6 Å². The summed E-state index contributed by atoms with van der Waals surface area (Å²) in [6.07, 6.45) is 6.97. The summed E-state index contributed by atoms with van der Waals surface area (Å²) in [6.45, 7) is 4.79. The van der Waals surface area contributed by atoms with Gasteiger partial charge in [-0.1, -0.05) is 30.2 Å². The molecular formula is C31H28F3N5O2. The van der Waals surface area contributed by atoms with Crippen LogP contribution in [0, 0.1) is 24.0 Å². The van der Waals surface area contributed by atoms with Crippen LogP contribution in [0.5, 0.6) is 11.9 Å². The molecule has 7 rings (SSSR count). The number of alkyl halides is 1. The van der Waals surface area contributed by atoms with E-state index in [1.807, 2.05) is 11.8 Å². The molecule has 0 radical (unpaired) electrons. The Hall–Kier alpha value is -4.10. The molecule has 0 spiro atoms. The van der Waals surface area contributed by atoms with Crippen LogP contribution < -0.4 is 14.4 Å². The lowest BCUT2D eigenvalue weighted by molar-refractivity contribution is 0.107. The van der Waals surface area contributed by atoms with Crippen molar-refractivity contribution >= 4 is 27.5 Å². The summed E-state index contributed by atoms with van der Waals surface area (Å²) in [5, 5.41) is 1.37. The summed E-state index contributed by atoms with van der Waals surface area (Å²) in [7, 11) is 0. The first-order chi connectivity index (χ1) is 19.9. The van der Waals surface area contributed by atoms with Gasteiger partial charge in [0.2, 0.25) is 5.88 Å². The third-order valence-corrected chi connectivity index (χ3v) is 8.62. The molecule has 5 heterocycles. The second-order valence-electron chi connectivity index (χ2n) is 10.9. The standard InChI is InChI=1S/C31H28F3N5O2/c1-3-20-22(33)10-9-18-7-5-8-21(23(18)20)26-25(34)27-24-28(38(4-2)13-14-40-29(24)35-26)37-30(36-27)41-17-31-11-6-12-39(31)16-19(32)15-31/h1,5,7-10,19H,4,6,11-17H2,2H3/t19-,31+/m1/s1. The van der Waals surface area contributed by atoms with E-state index in [0.717, 1.165) is 19.4 Å². The molecule has 10 heteroatoms. The van der Waals surface area contributed by atoms with E-state index in [0.29, 0.717) is 60.2 Å². The molecule has 4 aromatic rings. The molecule has 0 amide bonds. The van der Waals surface area contributed by atoms with E-state index in [4.69, 9.17) is 15.9 Å². The molecule has 0 saturated carbocycles. The minimum Gasteiger partial charge on any atom is -0.475 e. The summed E-state index contributed by atoms with van der Waals surface area (Å²) < 4.78 is 57.9. The monoisotopic (exact) mass is 559 g/mol. The second kappa shape index (κ2) is 9.77. The zero-order valence-corrected chi connectivity index (χ0v) is 22.6. The van der Waals surface area contributed by atoms with Crippen LogP contribution in [0.3, 0.4) is 0 Å². The van der Waals surface area contributed by atoms with Crippen LogP contribution in [0.25, 0.3) is 32.9 Å². The van der Waals surface area contributed by atoms with Crippen LogP contribution >= 0.6 is 0 Å². The van der Waals surface area contributed by atoms with Crippen LogP contribution in [0.15, 0.2) is 30.3 Å². The van der Waals surface area contributed by atoms with E-state index in [1.54, 1.807) is 24.3 Å². The fourth-order valence-electron chi connectivity index (χ4n) is 6.69. The molecule has 210 valence electrons. The van der Waals surface area contributed by atoms with Crippen molar-refractivity contribution in [3.05, 3.63) is 47.5 Å². The Bertz CT molecular complexity index is 1740. The van der Waals surface area contributed by atoms with E-state index < -0.39 is 23.3 Å². The predicted molar refractivity (Wildman–Crippen MR) is 150 cm³/mol. The Morgan fingerprint density at radius 1 is 1.15 bits per heavy atom. The van der Waals surface area contributed by atoms with Crippen molar-refractivity contribution in [1.29, 1.82) is 0 Å². The highest BCUT2D eigenvalue weighted by atomic mass is 19.1. The fourth-order valence-corrected chi connectivity index (χ4v) is 6.69. The van der Waals surface area contributed by atoms with Crippen molar-refractivity contribution in [2.45, 2.75) is 37.9 Å². The van der Waals surface area contributed by atoms with Crippen LogP contribution in [-0.2, 0) is 0 Å². The van der Waals surface area contributed by atoms with Crippen molar-refractivity contribution in [1.82, 2.24) is 19.9 Å². The summed E-state index contributed by atoms with van der Waals surface area (Å²) in [5.74, 6) is 1.76. The molecule has 2 aromatic heterocycles. The fraction of sp³-hybridized carbons (Fsp3) is 0.387. The third kappa shape index (κ3) is 4.05. The molecule has 41 heavy (non-hydrogen) atoms. The van der Waals surface area contributed by atoms with Crippen LogP contribution in [0.2, 0.25) is 0 Å². The van der Waals surface area contributed by atoms with Gasteiger partial charge in [-0.25, -0.2) is 18.2 Å². The van der Waals surface area contributed by atoms with Gasteiger partial charge in [-0.15, -0.1) is 6.42 Å². The number of hydrogen-bond acceptors (Lipinski definition) is 7. The van der Waals surface area contributed by atoms with E-state index >= 15 is 4.39 Å². The topological polar surface area (TPSA) is 63.6 Å². The first kappa shape index (κ1) is 25.8. The van der Waals surface area contributed by atoms with Gasteiger partial charge in [0.05, 0.1) is 17.6 Å². The lowest BCUT2D eigenvalue weighted by atomic mass is 9.95. The number of anilines is 1. The van der Waals surface area contributed by atoms with E-state index in [9.17, 15) is 8.78 Å².